The van der Waals surface area contributed by atoms with Crippen LogP contribution >= 0.6 is 11.8 Å². The van der Waals surface area contributed by atoms with Crippen LogP contribution in [0.1, 0.15) is 39.5 Å². The van der Waals surface area contributed by atoms with Gasteiger partial charge in [0.2, 0.25) is 0 Å². The molecule has 0 aromatic carbocycles. The molecule has 96 valence electrons. The molecule has 0 aliphatic carbocycles. The summed E-state index contributed by atoms with van der Waals surface area (Å²) in [5.41, 5.74) is 6.08. The lowest BCUT2D eigenvalue weighted by atomic mass is 9.87. The minimum Gasteiger partial charge on any atom is -0.330 e. The van der Waals surface area contributed by atoms with Crippen molar-refractivity contribution in [1.82, 2.24) is 4.90 Å². The lowest BCUT2D eigenvalue weighted by Crippen LogP contribution is -2.28. The fourth-order valence-corrected chi connectivity index (χ4v) is 2.99. The van der Waals surface area contributed by atoms with Gasteiger partial charge >= 0.3 is 0 Å². The van der Waals surface area contributed by atoms with Gasteiger partial charge in [0, 0.05) is 12.3 Å². The van der Waals surface area contributed by atoms with Gasteiger partial charge in [-0.25, -0.2) is 0 Å². The van der Waals surface area contributed by atoms with Crippen LogP contribution in [0.15, 0.2) is 0 Å². The van der Waals surface area contributed by atoms with Gasteiger partial charge in [0.05, 0.1) is 0 Å². The van der Waals surface area contributed by atoms with Crippen LogP contribution in [-0.4, -0.2) is 42.6 Å². The summed E-state index contributed by atoms with van der Waals surface area (Å²) in [6.45, 7) is 9.26. The molecule has 1 saturated heterocycles. The molecule has 0 radical (unpaired) electrons. The van der Waals surface area contributed by atoms with E-state index in [1.165, 1.54) is 56.8 Å². The largest absolute Gasteiger partial charge is 0.330 e. The van der Waals surface area contributed by atoms with Crippen molar-refractivity contribution in [3.05, 3.63) is 0 Å². The van der Waals surface area contributed by atoms with E-state index in [9.17, 15) is 0 Å². The summed E-state index contributed by atoms with van der Waals surface area (Å²) in [6.07, 6.45) is 5.31. The van der Waals surface area contributed by atoms with Crippen molar-refractivity contribution in [3.8, 4) is 0 Å². The Morgan fingerprint density at radius 3 is 2.75 bits per heavy atom. The monoisotopic (exact) mass is 244 g/mol. The summed E-state index contributed by atoms with van der Waals surface area (Å²) in [5.74, 6) is 2.69. The molecule has 2 N–H and O–H groups in total. The van der Waals surface area contributed by atoms with E-state index < -0.39 is 0 Å². The van der Waals surface area contributed by atoms with Crippen molar-refractivity contribution in [2.75, 3.05) is 37.7 Å². The Bertz CT molecular complexity index is 175. The van der Waals surface area contributed by atoms with Crippen LogP contribution in [0.4, 0.5) is 0 Å². The zero-order valence-corrected chi connectivity index (χ0v) is 11.8. The molecule has 3 heteroatoms. The van der Waals surface area contributed by atoms with Crippen LogP contribution in [0.5, 0.6) is 0 Å². The number of rotatable bonds is 6. The van der Waals surface area contributed by atoms with Crippen molar-refractivity contribution in [3.63, 3.8) is 0 Å². The smallest absolute Gasteiger partial charge is 0.00723 e. The highest BCUT2D eigenvalue weighted by molar-refractivity contribution is 7.99. The van der Waals surface area contributed by atoms with Gasteiger partial charge in [-0.3, -0.25) is 0 Å². The average Bonchev–Trinajstić information content (AvgIpc) is 2.53. The SMILES string of the molecule is CC(C)(CN)CCCCN1CCCSCC1. The van der Waals surface area contributed by atoms with Crippen LogP contribution in [0.2, 0.25) is 0 Å². The zero-order chi connectivity index (χ0) is 11.9. The summed E-state index contributed by atoms with van der Waals surface area (Å²) < 4.78 is 0. The predicted molar refractivity (Wildman–Crippen MR) is 75.1 cm³/mol. The van der Waals surface area contributed by atoms with Crippen molar-refractivity contribution in [1.29, 1.82) is 0 Å². The quantitative estimate of drug-likeness (QED) is 0.728. The molecule has 0 bridgehead atoms. The second kappa shape index (κ2) is 7.57. The highest BCUT2D eigenvalue weighted by Gasteiger charge is 2.15. The van der Waals surface area contributed by atoms with E-state index in [1.807, 2.05) is 0 Å². The van der Waals surface area contributed by atoms with Crippen LogP contribution in [0.25, 0.3) is 0 Å². The van der Waals surface area contributed by atoms with Gasteiger partial charge in [0.1, 0.15) is 0 Å². The maximum atomic E-state index is 5.74. The third-order valence-electron chi connectivity index (χ3n) is 3.45. The molecule has 16 heavy (non-hydrogen) atoms. The van der Waals surface area contributed by atoms with Gasteiger partial charge in [-0.05, 0) is 50.1 Å². The lowest BCUT2D eigenvalue weighted by molar-refractivity contribution is 0.271. The molecule has 1 aliphatic rings. The normalized spacial score (nSPS) is 19.7. The third-order valence-corrected chi connectivity index (χ3v) is 4.49. The zero-order valence-electron chi connectivity index (χ0n) is 11.0. The molecule has 0 unspecified atom stereocenters. The summed E-state index contributed by atoms with van der Waals surface area (Å²) in [6, 6.07) is 0. The first-order chi connectivity index (χ1) is 7.64. The van der Waals surface area contributed by atoms with Crippen molar-refractivity contribution < 1.29 is 0 Å². The van der Waals surface area contributed by atoms with E-state index in [0.717, 1.165) is 6.54 Å². The Hall–Kier alpha value is 0.270. The second-order valence-electron chi connectivity index (χ2n) is 5.63. The van der Waals surface area contributed by atoms with E-state index in [0.29, 0.717) is 5.41 Å². The number of unbranched alkanes of at least 4 members (excludes halogenated alkanes) is 1. The Labute approximate surface area is 105 Å². The molecule has 0 aromatic heterocycles. The topological polar surface area (TPSA) is 29.3 Å². The van der Waals surface area contributed by atoms with Gasteiger partial charge in [0.15, 0.2) is 0 Å². The van der Waals surface area contributed by atoms with E-state index >= 15 is 0 Å². The fraction of sp³-hybridized carbons (Fsp3) is 1.00. The maximum absolute atomic E-state index is 5.74. The fourth-order valence-electron chi connectivity index (χ4n) is 2.06. The first kappa shape index (κ1) is 14.3. The molecule has 0 spiro atoms. The summed E-state index contributed by atoms with van der Waals surface area (Å²) in [4.78, 5) is 2.63. The Morgan fingerprint density at radius 1 is 1.19 bits per heavy atom. The first-order valence-electron chi connectivity index (χ1n) is 6.64. The van der Waals surface area contributed by atoms with E-state index in [-0.39, 0.29) is 0 Å². The summed E-state index contributed by atoms with van der Waals surface area (Å²) >= 11 is 2.11. The average molecular weight is 244 g/mol. The second-order valence-corrected chi connectivity index (χ2v) is 6.86. The Balaban J connectivity index is 2.05. The minimum atomic E-state index is 0.342. The molecule has 0 aromatic rings. The number of hydrogen-bond donors (Lipinski definition) is 1. The molecular formula is C13H28N2S. The van der Waals surface area contributed by atoms with Gasteiger partial charge in [-0.2, -0.15) is 11.8 Å². The van der Waals surface area contributed by atoms with Crippen LogP contribution in [0, 0.1) is 5.41 Å². The van der Waals surface area contributed by atoms with Crippen molar-refractivity contribution in [2.24, 2.45) is 11.1 Å². The Kier molecular flexibility index (Phi) is 6.78. The molecular weight excluding hydrogens is 216 g/mol. The number of nitrogens with zero attached hydrogens (tertiary/aromatic N) is 1. The lowest BCUT2D eigenvalue weighted by Gasteiger charge is -2.23. The van der Waals surface area contributed by atoms with E-state index in [2.05, 4.69) is 30.5 Å². The first-order valence-corrected chi connectivity index (χ1v) is 7.80. The van der Waals surface area contributed by atoms with Crippen molar-refractivity contribution in [2.45, 2.75) is 39.5 Å². The number of hydrogen-bond acceptors (Lipinski definition) is 3. The Morgan fingerprint density at radius 2 is 2.00 bits per heavy atom. The van der Waals surface area contributed by atoms with Gasteiger partial charge in [-0.1, -0.05) is 20.3 Å². The van der Waals surface area contributed by atoms with Gasteiger partial charge < -0.3 is 10.6 Å². The molecule has 1 fully saturated rings. The van der Waals surface area contributed by atoms with Crippen LogP contribution < -0.4 is 5.73 Å². The number of thioether (sulfide) groups is 1. The van der Waals surface area contributed by atoms with Gasteiger partial charge in [-0.15, -0.1) is 0 Å². The van der Waals surface area contributed by atoms with E-state index in [4.69, 9.17) is 5.73 Å². The highest BCUT2D eigenvalue weighted by Crippen LogP contribution is 2.21. The molecule has 0 amide bonds. The standard InChI is InChI=1S/C13H28N2S/c1-13(2,12-14)6-3-4-7-15-8-5-10-16-11-9-15/h3-12,14H2,1-2H3. The minimum absolute atomic E-state index is 0.342. The molecule has 0 saturated carbocycles. The molecule has 2 nitrogen and oxygen atoms in total. The summed E-state index contributed by atoms with van der Waals surface area (Å²) in [5, 5.41) is 0. The maximum Gasteiger partial charge on any atom is 0.00723 e. The van der Waals surface area contributed by atoms with E-state index in [1.54, 1.807) is 0 Å². The molecule has 1 aliphatic heterocycles. The van der Waals surface area contributed by atoms with Gasteiger partial charge in [0.25, 0.3) is 0 Å². The summed E-state index contributed by atoms with van der Waals surface area (Å²) in [7, 11) is 0. The van der Waals surface area contributed by atoms with Crippen molar-refractivity contribution >= 4 is 11.8 Å². The molecule has 1 rings (SSSR count). The van der Waals surface area contributed by atoms with Crippen LogP contribution in [-0.2, 0) is 0 Å². The third kappa shape index (κ3) is 6.12. The molecule has 0 atom stereocenters. The molecule has 1 heterocycles. The number of nitrogens with two attached hydrogens (primary N) is 1. The predicted octanol–water partition coefficient (Wildman–Crippen LogP) is 2.58. The highest BCUT2D eigenvalue weighted by atomic mass is 32.2. The van der Waals surface area contributed by atoms with Crippen LogP contribution in [0.3, 0.4) is 0 Å².